The minimum Gasteiger partial charge on any atom is -0.367 e. The number of nitrogens with one attached hydrogen (secondary N) is 1. The molecule has 2 heterocycles. The van der Waals surface area contributed by atoms with Gasteiger partial charge >= 0.3 is 0 Å². The van der Waals surface area contributed by atoms with E-state index < -0.39 is 0 Å². The number of halogens is 1. The van der Waals surface area contributed by atoms with Crippen LogP contribution in [-0.4, -0.2) is 17.1 Å². The van der Waals surface area contributed by atoms with Gasteiger partial charge in [-0.2, -0.15) is 0 Å². The number of thiophene rings is 1. The number of aromatic nitrogens is 1. The zero-order valence-electron chi connectivity index (χ0n) is 11.3. The first-order chi connectivity index (χ1) is 9.56. The molecule has 0 aliphatic rings. The van der Waals surface area contributed by atoms with E-state index in [0.717, 1.165) is 17.7 Å². The molecule has 0 spiro atoms. The molecule has 0 aliphatic carbocycles. The third kappa shape index (κ3) is 2.96. The van der Waals surface area contributed by atoms with Crippen LogP contribution in [0.3, 0.4) is 0 Å². The molecular weight excluding hydrogens is 298 g/mol. The Morgan fingerprint density at radius 2 is 2.20 bits per heavy atom. The van der Waals surface area contributed by atoms with E-state index in [1.165, 1.54) is 11.3 Å². The number of rotatable bonds is 5. The van der Waals surface area contributed by atoms with E-state index in [2.05, 4.69) is 10.5 Å². The molecule has 0 fully saturated rings. The minimum atomic E-state index is -0.267. The lowest BCUT2D eigenvalue weighted by Gasteiger charge is -2.14. The summed E-state index contributed by atoms with van der Waals surface area (Å²) in [6, 6.07) is 3.64. The molecule has 0 radical (unpaired) electrons. The van der Waals surface area contributed by atoms with Gasteiger partial charge < -0.3 is 15.6 Å². The van der Waals surface area contributed by atoms with Gasteiger partial charge in [0, 0.05) is 6.04 Å². The summed E-state index contributed by atoms with van der Waals surface area (Å²) < 4.78 is 5.58. The van der Waals surface area contributed by atoms with Crippen molar-refractivity contribution in [2.24, 2.45) is 0 Å². The molecule has 108 valence electrons. The first-order valence-corrected chi connectivity index (χ1v) is 7.57. The van der Waals surface area contributed by atoms with Crippen LogP contribution in [0.5, 0.6) is 0 Å². The molecule has 0 saturated carbocycles. The second-order valence-corrected chi connectivity index (χ2v) is 6.08. The highest BCUT2D eigenvalue weighted by molar-refractivity contribution is 7.19. The van der Waals surface area contributed by atoms with Crippen molar-refractivity contribution in [3.63, 3.8) is 0 Å². The van der Waals surface area contributed by atoms with Gasteiger partial charge in [0.25, 0.3) is 5.91 Å². The zero-order chi connectivity index (χ0) is 14.7. The summed E-state index contributed by atoms with van der Waals surface area (Å²) in [6.07, 6.45) is 1.71. The number of nitrogen functional groups attached to an aromatic ring is 1. The molecule has 3 N–H and O–H groups in total. The van der Waals surface area contributed by atoms with Gasteiger partial charge in [-0.05, 0) is 25.0 Å². The molecular formula is C13H16ClN3O2S. The van der Waals surface area contributed by atoms with E-state index in [1.807, 2.05) is 13.8 Å². The molecule has 20 heavy (non-hydrogen) atoms. The summed E-state index contributed by atoms with van der Waals surface area (Å²) in [4.78, 5) is 13.1. The van der Waals surface area contributed by atoms with Gasteiger partial charge in [-0.25, -0.2) is 0 Å². The molecule has 0 unspecified atom stereocenters. The number of hydrogen-bond acceptors (Lipinski definition) is 5. The van der Waals surface area contributed by atoms with Gasteiger partial charge in [-0.1, -0.05) is 30.6 Å². The monoisotopic (exact) mass is 313 g/mol. The van der Waals surface area contributed by atoms with Crippen molar-refractivity contribution < 1.29 is 9.32 Å². The van der Waals surface area contributed by atoms with E-state index in [4.69, 9.17) is 21.9 Å². The second kappa shape index (κ2) is 6.28. The maximum absolute atomic E-state index is 12.3. The van der Waals surface area contributed by atoms with Gasteiger partial charge in [-0.15, -0.1) is 11.3 Å². The maximum atomic E-state index is 12.3. The van der Waals surface area contributed by atoms with Crippen LogP contribution in [0.25, 0.3) is 10.6 Å². The molecule has 2 rings (SSSR count). The predicted octanol–water partition coefficient (Wildman–Crippen LogP) is 3.56. The van der Waals surface area contributed by atoms with Crippen molar-refractivity contribution in [3.05, 3.63) is 22.0 Å². The van der Waals surface area contributed by atoms with Crippen molar-refractivity contribution in [2.45, 2.75) is 32.7 Å². The molecule has 0 atom stereocenters. The number of nitrogens with zero attached hydrogens (tertiary/aromatic N) is 1. The van der Waals surface area contributed by atoms with Crippen LogP contribution in [0.2, 0.25) is 4.34 Å². The molecule has 2 aromatic heterocycles. The molecule has 0 bridgehead atoms. The van der Waals surface area contributed by atoms with Crippen LogP contribution in [0.15, 0.2) is 16.7 Å². The molecule has 0 aliphatic heterocycles. The fourth-order valence-electron chi connectivity index (χ4n) is 1.88. The average molecular weight is 314 g/mol. The number of nitrogens with two attached hydrogens (primary N) is 1. The van der Waals surface area contributed by atoms with Crippen molar-refractivity contribution >= 4 is 34.7 Å². The van der Waals surface area contributed by atoms with E-state index in [-0.39, 0.29) is 23.4 Å². The smallest absolute Gasteiger partial charge is 0.259 e. The number of carbonyl (C=O) groups is 1. The molecule has 0 aromatic carbocycles. The van der Waals surface area contributed by atoms with Gasteiger partial charge in [0.05, 0.1) is 9.21 Å². The Bertz CT molecular complexity index is 605. The molecule has 2 aromatic rings. The van der Waals surface area contributed by atoms with E-state index in [0.29, 0.717) is 10.0 Å². The summed E-state index contributed by atoms with van der Waals surface area (Å²) in [5, 5.41) is 6.80. The first-order valence-electron chi connectivity index (χ1n) is 6.38. The third-order valence-electron chi connectivity index (χ3n) is 3.07. The summed E-state index contributed by atoms with van der Waals surface area (Å²) in [7, 11) is 0. The zero-order valence-corrected chi connectivity index (χ0v) is 12.8. The molecule has 5 nitrogen and oxygen atoms in total. The van der Waals surface area contributed by atoms with Crippen LogP contribution >= 0.6 is 22.9 Å². The van der Waals surface area contributed by atoms with Crippen molar-refractivity contribution in [2.75, 3.05) is 5.73 Å². The topological polar surface area (TPSA) is 81.2 Å². The van der Waals surface area contributed by atoms with Gasteiger partial charge in [0.2, 0.25) is 5.88 Å². The Hall–Kier alpha value is -1.53. The van der Waals surface area contributed by atoms with Crippen LogP contribution in [-0.2, 0) is 0 Å². The van der Waals surface area contributed by atoms with E-state index >= 15 is 0 Å². The van der Waals surface area contributed by atoms with E-state index in [1.54, 1.807) is 12.1 Å². The van der Waals surface area contributed by atoms with Crippen LogP contribution < -0.4 is 11.1 Å². The normalized spacial score (nSPS) is 11.0. The second-order valence-electron chi connectivity index (χ2n) is 4.36. The predicted molar refractivity (Wildman–Crippen MR) is 81.1 cm³/mol. The highest BCUT2D eigenvalue weighted by Crippen LogP contribution is 2.34. The van der Waals surface area contributed by atoms with Crippen molar-refractivity contribution in [3.8, 4) is 10.6 Å². The van der Waals surface area contributed by atoms with Crippen LogP contribution in [0.4, 0.5) is 5.88 Å². The highest BCUT2D eigenvalue weighted by Gasteiger charge is 2.24. The lowest BCUT2D eigenvalue weighted by molar-refractivity contribution is 0.0936. The lowest BCUT2D eigenvalue weighted by Crippen LogP contribution is -2.34. The fourth-order valence-corrected chi connectivity index (χ4v) is 2.91. The fraction of sp³-hybridized carbons (Fsp3) is 0.385. The Morgan fingerprint density at radius 1 is 1.50 bits per heavy atom. The third-order valence-corrected chi connectivity index (χ3v) is 4.31. The number of anilines is 1. The molecule has 7 heteroatoms. The summed E-state index contributed by atoms with van der Waals surface area (Å²) in [5.41, 5.74) is 6.43. The quantitative estimate of drug-likeness (QED) is 0.884. The Balaban J connectivity index is 2.32. The van der Waals surface area contributed by atoms with E-state index in [9.17, 15) is 4.79 Å². The summed E-state index contributed by atoms with van der Waals surface area (Å²) >= 11 is 7.23. The molecule has 1 amide bonds. The van der Waals surface area contributed by atoms with Gasteiger partial charge in [-0.3, -0.25) is 4.79 Å². The highest BCUT2D eigenvalue weighted by atomic mass is 35.5. The lowest BCUT2D eigenvalue weighted by atomic mass is 10.1. The summed E-state index contributed by atoms with van der Waals surface area (Å²) in [6.45, 7) is 4.04. The van der Waals surface area contributed by atoms with Crippen LogP contribution in [0, 0.1) is 0 Å². The Morgan fingerprint density at radius 3 is 2.75 bits per heavy atom. The van der Waals surface area contributed by atoms with Crippen molar-refractivity contribution in [1.29, 1.82) is 0 Å². The standard InChI is InChI=1S/C13H16ClN3O2S/c1-3-7(4-2)16-13(18)10-11(17-19-12(10)15)8-5-6-9(14)20-8/h5-7H,3-4,15H2,1-2H3,(H,16,18). The number of carbonyl (C=O) groups excluding carboxylic acids is 1. The number of hydrogen-bond donors (Lipinski definition) is 2. The SMILES string of the molecule is CCC(CC)NC(=O)c1c(-c2ccc(Cl)s2)noc1N. The van der Waals surface area contributed by atoms with Gasteiger partial charge in [0.1, 0.15) is 11.3 Å². The minimum absolute atomic E-state index is 0.0213. The first kappa shape index (κ1) is 14.9. The van der Waals surface area contributed by atoms with Crippen LogP contribution in [0.1, 0.15) is 37.0 Å². The molecule has 0 saturated heterocycles. The van der Waals surface area contributed by atoms with Crippen molar-refractivity contribution in [1.82, 2.24) is 10.5 Å². The Kier molecular flexibility index (Phi) is 4.67. The number of amides is 1. The summed E-state index contributed by atoms with van der Waals surface area (Å²) in [5.74, 6) is -0.245. The van der Waals surface area contributed by atoms with Gasteiger partial charge in [0.15, 0.2) is 0 Å². The largest absolute Gasteiger partial charge is 0.367 e. The Labute approximate surface area is 126 Å². The average Bonchev–Trinajstić information content (AvgIpc) is 3.01. The maximum Gasteiger partial charge on any atom is 0.259 e.